The summed E-state index contributed by atoms with van der Waals surface area (Å²) < 4.78 is 13.8. The molecular weight excluding hydrogens is 349 g/mol. The molecule has 0 unspecified atom stereocenters. The lowest BCUT2D eigenvalue weighted by Gasteiger charge is -2.04. The Morgan fingerprint density at radius 1 is 1.17 bits per heavy atom. The van der Waals surface area contributed by atoms with E-state index >= 15 is 0 Å². The Hall–Kier alpha value is -2.52. The fourth-order valence-corrected chi connectivity index (χ4v) is 3.43. The van der Waals surface area contributed by atoms with E-state index in [9.17, 15) is 9.18 Å². The molecule has 3 rings (SSSR count). The summed E-state index contributed by atoms with van der Waals surface area (Å²) in [4.78, 5) is 16.1. The first kappa shape index (κ1) is 16.3. The number of halogens is 1. The van der Waals surface area contributed by atoms with Gasteiger partial charge in [0.15, 0.2) is 4.34 Å². The quantitative estimate of drug-likeness (QED) is 0.530. The average Bonchev–Trinajstić information content (AvgIpc) is 3.01. The minimum absolute atomic E-state index is 0.363. The number of pyridine rings is 1. The van der Waals surface area contributed by atoms with Crippen LogP contribution in [0.15, 0.2) is 53.0 Å². The van der Waals surface area contributed by atoms with Crippen molar-refractivity contribution in [3.05, 3.63) is 60.2 Å². The summed E-state index contributed by atoms with van der Waals surface area (Å²) >= 11 is 2.75. The van der Waals surface area contributed by atoms with Gasteiger partial charge in [-0.25, -0.2) is 9.18 Å². The van der Waals surface area contributed by atoms with Gasteiger partial charge in [0, 0.05) is 17.6 Å². The molecule has 0 fully saturated rings. The second kappa shape index (κ2) is 7.84. The Balaban J connectivity index is 1.53. The van der Waals surface area contributed by atoms with E-state index in [1.165, 1.54) is 41.3 Å². The third-order valence-electron chi connectivity index (χ3n) is 2.78. The lowest BCUT2D eigenvalue weighted by Crippen LogP contribution is -2.19. The lowest BCUT2D eigenvalue weighted by molar-refractivity contribution is 0.262. The van der Waals surface area contributed by atoms with Crippen LogP contribution in [0.3, 0.4) is 0 Å². The van der Waals surface area contributed by atoms with Crippen LogP contribution in [0.5, 0.6) is 0 Å². The molecule has 0 radical (unpaired) electrons. The van der Waals surface area contributed by atoms with E-state index < -0.39 is 11.8 Å². The number of carbonyl (C=O) groups excluding carboxylic acids is 1. The Morgan fingerprint density at radius 2 is 2.08 bits per heavy atom. The second-order valence-electron chi connectivity index (χ2n) is 4.57. The van der Waals surface area contributed by atoms with Crippen LogP contribution in [-0.2, 0) is 5.75 Å². The van der Waals surface area contributed by atoms with Gasteiger partial charge in [0.2, 0.25) is 5.13 Å². The predicted octanol–water partition coefficient (Wildman–Crippen LogP) is 4.01. The molecule has 24 heavy (non-hydrogen) atoms. The van der Waals surface area contributed by atoms with Gasteiger partial charge in [-0.1, -0.05) is 35.2 Å². The molecule has 0 spiro atoms. The highest BCUT2D eigenvalue weighted by Gasteiger charge is 2.09. The van der Waals surface area contributed by atoms with Crippen molar-refractivity contribution in [1.82, 2.24) is 15.2 Å². The smallest absolute Gasteiger partial charge is 0.308 e. The topological polar surface area (TPSA) is 79.8 Å². The molecular formula is C15H12FN5OS2. The summed E-state index contributed by atoms with van der Waals surface area (Å²) in [6.07, 6.45) is 1.74. The normalized spacial score (nSPS) is 10.4. The Labute approximate surface area is 145 Å². The van der Waals surface area contributed by atoms with Gasteiger partial charge in [-0.05, 0) is 30.3 Å². The fraction of sp³-hybridized carbons (Fsp3) is 0.0667. The number of thioether (sulfide) groups is 1. The van der Waals surface area contributed by atoms with Crippen LogP contribution in [-0.4, -0.2) is 21.2 Å². The summed E-state index contributed by atoms with van der Waals surface area (Å²) in [6.45, 7) is 0. The molecule has 0 aliphatic rings. The first-order valence-electron chi connectivity index (χ1n) is 6.89. The number of aromatic nitrogens is 3. The SMILES string of the molecule is O=C(Nc1cccc(F)c1)Nc1nnc(SCc2ccccn2)s1. The molecule has 0 saturated heterocycles. The van der Waals surface area contributed by atoms with Crippen molar-refractivity contribution < 1.29 is 9.18 Å². The summed E-state index contributed by atoms with van der Waals surface area (Å²) in [6, 6.07) is 10.9. The number of anilines is 2. The van der Waals surface area contributed by atoms with Gasteiger partial charge < -0.3 is 5.32 Å². The first-order chi connectivity index (χ1) is 11.7. The van der Waals surface area contributed by atoms with Crippen molar-refractivity contribution in [1.29, 1.82) is 0 Å². The van der Waals surface area contributed by atoms with Crippen LogP contribution in [0.1, 0.15) is 5.69 Å². The molecule has 2 aromatic heterocycles. The van der Waals surface area contributed by atoms with E-state index in [1.807, 2.05) is 18.2 Å². The van der Waals surface area contributed by atoms with Crippen LogP contribution in [0.25, 0.3) is 0 Å². The van der Waals surface area contributed by atoms with Gasteiger partial charge >= 0.3 is 6.03 Å². The second-order valence-corrected chi connectivity index (χ2v) is 6.77. The maximum atomic E-state index is 13.1. The number of hydrogen-bond acceptors (Lipinski definition) is 6. The average molecular weight is 361 g/mol. The van der Waals surface area contributed by atoms with Crippen LogP contribution in [0.4, 0.5) is 20.0 Å². The minimum Gasteiger partial charge on any atom is -0.308 e. The van der Waals surface area contributed by atoms with Crippen molar-refractivity contribution in [2.75, 3.05) is 10.6 Å². The Kier molecular flexibility index (Phi) is 5.34. The maximum absolute atomic E-state index is 13.1. The number of rotatable bonds is 5. The number of amides is 2. The molecule has 122 valence electrons. The number of benzene rings is 1. The third kappa shape index (κ3) is 4.74. The van der Waals surface area contributed by atoms with Crippen LogP contribution < -0.4 is 10.6 Å². The van der Waals surface area contributed by atoms with Crippen LogP contribution in [0, 0.1) is 5.82 Å². The van der Waals surface area contributed by atoms with E-state index in [-0.39, 0.29) is 0 Å². The molecule has 0 bridgehead atoms. The maximum Gasteiger partial charge on any atom is 0.325 e. The van der Waals surface area contributed by atoms with E-state index in [0.29, 0.717) is 16.6 Å². The van der Waals surface area contributed by atoms with Gasteiger partial charge in [-0.3, -0.25) is 10.3 Å². The van der Waals surface area contributed by atoms with Gasteiger partial charge in [-0.2, -0.15) is 0 Å². The van der Waals surface area contributed by atoms with Gasteiger partial charge in [0.05, 0.1) is 5.69 Å². The number of carbonyl (C=O) groups is 1. The van der Waals surface area contributed by atoms with E-state index in [1.54, 1.807) is 12.3 Å². The van der Waals surface area contributed by atoms with Crippen LogP contribution >= 0.6 is 23.1 Å². The monoisotopic (exact) mass is 361 g/mol. The van der Waals surface area contributed by atoms with Crippen molar-refractivity contribution in [2.24, 2.45) is 0 Å². The Morgan fingerprint density at radius 3 is 2.88 bits per heavy atom. The highest BCUT2D eigenvalue weighted by atomic mass is 32.2. The molecule has 1 aromatic carbocycles. The summed E-state index contributed by atoms with van der Waals surface area (Å²) in [5, 5.41) is 13.4. The first-order valence-corrected chi connectivity index (χ1v) is 8.69. The largest absolute Gasteiger partial charge is 0.325 e. The number of nitrogens with one attached hydrogen (secondary N) is 2. The number of hydrogen-bond donors (Lipinski definition) is 2. The van der Waals surface area contributed by atoms with E-state index in [0.717, 1.165) is 10.0 Å². The molecule has 0 saturated carbocycles. The zero-order valence-corrected chi connectivity index (χ0v) is 13.9. The lowest BCUT2D eigenvalue weighted by atomic mass is 10.3. The number of nitrogens with zero attached hydrogens (tertiary/aromatic N) is 3. The zero-order chi connectivity index (χ0) is 16.8. The summed E-state index contributed by atoms with van der Waals surface area (Å²) in [5.41, 5.74) is 1.30. The fourth-order valence-electron chi connectivity index (χ4n) is 1.76. The molecule has 2 amide bonds. The van der Waals surface area contributed by atoms with Crippen LogP contribution in [0.2, 0.25) is 0 Å². The minimum atomic E-state index is -0.502. The molecule has 0 aliphatic heterocycles. The third-order valence-corrected chi connectivity index (χ3v) is 4.78. The summed E-state index contributed by atoms with van der Waals surface area (Å²) in [5.74, 6) is 0.252. The highest BCUT2D eigenvalue weighted by Crippen LogP contribution is 2.27. The molecule has 0 atom stereocenters. The predicted molar refractivity (Wildman–Crippen MR) is 92.7 cm³/mol. The van der Waals surface area contributed by atoms with Gasteiger partial charge in [0.1, 0.15) is 5.82 Å². The highest BCUT2D eigenvalue weighted by molar-refractivity contribution is 8.00. The van der Waals surface area contributed by atoms with Gasteiger partial charge in [-0.15, -0.1) is 10.2 Å². The zero-order valence-electron chi connectivity index (χ0n) is 12.3. The van der Waals surface area contributed by atoms with Crippen molar-refractivity contribution in [3.63, 3.8) is 0 Å². The van der Waals surface area contributed by atoms with Crippen molar-refractivity contribution in [2.45, 2.75) is 10.1 Å². The molecule has 0 aliphatic carbocycles. The van der Waals surface area contributed by atoms with E-state index in [4.69, 9.17) is 0 Å². The summed E-state index contributed by atoms with van der Waals surface area (Å²) in [7, 11) is 0. The van der Waals surface area contributed by atoms with Crippen molar-refractivity contribution in [3.8, 4) is 0 Å². The molecule has 9 heteroatoms. The van der Waals surface area contributed by atoms with Crippen molar-refractivity contribution >= 4 is 39.9 Å². The standard InChI is InChI=1S/C15H12FN5OS2/c16-10-4-3-6-11(8-10)18-13(22)19-14-20-21-15(24-14)23-9-12-5-1-2-7-17-12/h1-8H,9H2,(H2,18,19,20,22). The number of urea groups is 1. The van der Waals surface area contributed by atoms with Gasteiger partial charge in [0.25, 0.3) is 0 Å². The molecule has 3 aromatic rings. The molecule has 2 heterocycles. The Bertz CT molecular complexity index is 827. The molecule has 2 N–H and O–H groups in total. The molecule has 6 nitrogen and oxygen atoms in total. The van der Waals surface area contributed by atoms with E-state index in [2.05, 4.69) is 25.8 Å².